The number of allylic oxidation sites excluding steroid dienone is 1. The summed E-state index contributed by atoms with van der Waals surface area (Å²) < 4.78 is 0. The maximum atomic E-state index is 5.36. The van der Waals surface area contributed by atoms with Crippen LogP contribution in [0.3, 0.4) is 0 Å². The standard InChI is InChI=1S/C18H29N3S.C6H12/c1-6-12-21(16(5)7-2)13-15(4)19-18(22)20-17-10-8-14(3)9-11-17;1-3-5-6-4-2/h8-11,16H,4,6-7,12-13H2,1-3,5H3,(H2,19,20,22);3H,1,4-6H2,2H3. The van der Waals surface area contributed by atoms with E-state index in [1.807, 2.05) is 18.2 Å². The van der Waals surface area contributed by atoms with Crippen LogP contribution in [0.4, 0.5) is 5.69 Å². The zero-order valence-corrected chi connectivity index (χ0v) is 19.5. The predicted molar refractivity (Wildman–Crippen MR) is 131 cm³/mol. The van der Waals surface area contributed by atoms with E-state index in [2.05, 4.69) is 75.4 Å². The Labute approximate surface area is 179 Å². The summed E-state index contributed by atoms with van der Waals surface area (Å²) in [7, 11) is 0. The first-order chi connectivity index (χ1) is 13.4. The lowest BCUT2D eigenvalue weighted by molar-refractivity contribution is 0.220. The number of thiocarbonyl (C=S) groups is 1. The highest BCUT2D eigenvalue weighted by molar-refractivity contribution is 7.80. The summed E-state index contributed by atoms with van der Waals surface area (Å²) in [5.74, 6) is 0. The third-order valence-electron chi connectivity index (χ3n) is 4.48. The molecular formula is C24H41N3S. The highest BCUT2D eigenvalue weighted by atomic mass is 32.1. The average Bonchev–Trinajstić information content (AvgIpc) is 2.67. The van der Waals surface area contributed by atoms with E-state index < -0.39 is 0 Å². The molecule has 158 valence electrons. The van der Waals surface area contributed by atoms with Crippen LogP contribution in [0.2, 0.25) is 0 Å². The predicted octanol–water partition coefficient (Wildman–Crippen LogP) is 6.67. The normalized spacial score (nSPS) is 11.2. The fourth-order valence-electron chi connectivity index (χ4n) is 2.59. The second kappa shape index (κ2) is 16.3. The second-order valence-corrected chi connectivity index (χ2v) is 7.62. The smallest absolute Gasteiger partial charge is 0.175 e. The minimum atomic E-state index is 0.553. The van der Waals surface area contributed by atoms with Crippen LogP contribution in [-0.2, 0) is 0 Å². The van der Waals surface area contributed by atoms with Crippen LogP contribution in [0.5, 0.6) is 0 Å². The molecule has 0 saturated carbocycles. The van der Waals surface area contributed by atoms with E-state index in [9.17, 15) is 0 Å². The van der Waals surface area contributed by atoms with Gasteiger partial charge in [-0.15, -0.1) is 6.58 Å². The van der Waals surface area contributed by atoms with Crippen molar-refractivity contribution in [2.45, 2.75) is 72.8 Å². The Bertz CT molecular complexity index is 566. The molecule has 2 N–H and O–H groups in total. The fraction of sp³-hybridized carbons (Fsp3) is 0.542. The minimum Gasteiger partial charge on any atom is -0.335 e. The number of hydrogen-bond donors (Lipinski definition) is 2. The summed E-state index contributed by atoms with van der Waals surface area (Å²) in [4.78, 5) is 2.43. The largest absolute Gasteiger partial charge is 0.335 e. The molecule has 4 heteroatoms. The summed E-state index contributed by atoms with van der Waals surface area (Å²) in [5, 5.41) is 6.98. The topological polar surface area (TPSA) is 27.3 Å². The summed E-state index contributed by atoms with van der Waals surface area (Å²) in [6.45, 7) is 20.5. The first-order valence-corrected chi connectivity index (χ1v) is 11.0. The van der Waals surface area contributed by atoms with Gasteiger partial charge in [0, 0.05) is 24.0 Å². The highest BCUT2D eigenvalue weighted by Gasteiger charge is 2.12. The lowest BCUT2D eigenvalue weighted by Crippen LogP contribution is -2.39. The molecule has 0 amide bonds. The fourth-order valence-corrected chi connectivity index (χ4v) is 2.86. The lowest BCUT2D eigenvalue weighted by atomic mass is 10.2. The van der Waals surface area contributed by atoms with Gasteiger partial charge in [0.05, 0.1) is 0 Å². The molecule has 0 aliphatic rings. The van der Waals surface area contributed by atoms with Crippen LogP contribution >= 0.6 is 12.2 Å². The zero-order valence-electron chi connectivity index (χ0n) is 18.7. The van der Waals surface area contributed by atoms with Crippen LogP contribution in [0, 0.1) is 6.92 Å². The first kappa shape index (κ1) is 26.4. The summed E-state index contributed by atoms with van der Waals surface area (Å²) in [6, 6.07) is 8.72. The number of anilines is 1. The Morgan fingerprint density at radius 1 is 1.18 bits per heavy atom. The quantitative estimate of drug-likeness (QED) is 0.245. The van der Waals surface area contributed by atoms with Gasteiger partial charge < -0.3 is 10.6 Å². The minimum absolute atomic E-state index is 0.553. The summed E-state index contributed by atoms with van der Waals surface area (Å²) >= 11 is 5.36. The number of rotatable bonds is 11. The number of nitrogens with one attached hydrogen (secondary N) is 2. The van der Waals surface area contributed by atoms with Crippen molar-refractivity contribution in [1.82, 2.24) is 10.2 Å². The lowest BCUT2D eigenvalue weighted by Gasteiger charge is -2.29. The molecule has 1 unspecified atom stereocenters. The molecule has 0 radical (unpaired) electrons. The van der Waals surface area contributed by atoms with Gasteiger partial charge in [0.25, 0.3) is 0 Å². The van der Waals surface area contributed by atoms with E-state index in [1.54, 1.807) is 0 Å². The van der Waals surface area contributed by atoms with Gasteiger partial charge in [-0.05, 0) is 64.0 Å². The third-order valence-corrected chi connectivity index (χ3v) is 4.68. The van der Waals surface area contributed by atoms with Crippen molar-refractivity contribution >= 4 is 23.0 Å². The van der Waals surface area contributed by atoms with E-state index in [0.29, 0.717) is 11.2 Å². The Kier molecular flexibility index (Phi) is 15.4. The number of nitrogens with zero attached hydrogens (tertiary/aromatic N) is 1. The van der Waals surface area contributed by atoms with Crippen LogP contribution in [0.25, 0.3) is 0 Å². The van der Waals surface area contributed by atoms with Gasteiger partial charge in [0.15, 0.2) is 5.11 Å². The van der Waals surface area contributed by atoms with Crippen LogP contribution in [0.1, 0.15) is 65.4 Å². The molecule has 1 aromatic carbocycles. The van der Waals surface area contributed by atoms with Crippen LogP contribution in [-0.4, -0.2) is 29.1 Å². The SMILES string of the molecule is C=C(CN(CCC)C(C)CC)NC(=S)Nc1ccc(C)cc1.C=CCCCC. The van der Waals surface area contributed by atoms with Crippen molar-refractivity contribution in [2.75, 3.05) is 18.4 Å². The molecule has 0 aliphatic heterocycles. The Hall–Kier alpha value is -1.65. The van der Waals surface area contributed by atoms with Gasteiger partial charge in [0.2, 0.25) is 0 Å². The van der Waals surface area contributed by atoms with Crippen LogP contribution in [0.15, 0.2) is 49.2 Å². The van der Waals surface area contributed by atoms with E-state index in [0.717, 1.165) is 37.3 Å². The van der Waals surface area contributed by atoms with Crippen molar-refractivity contribution in [3.8, 4) is 0 Å². The van der Waals surface area contributed by atoms with Gasteiger partial charge in [-0.2, -0.15) is 0 Å². The molecule has 0 heterocycles. The Balaban J connectivity index is 0.00000105. The van der Waals surface area contributed by atoms with Gasteiger partial charge >= 0.3 is 0 Å². The monoisotopic (exact) mass is 403 g/mol. The molecule has 1 aromatic rings. The number of benzene rings is 1. The number of hydrogen-bond acceptors (Lipinski definition) is 2. The van der Waals surface area contributed by atoms with Crippen LogP contribution < -0.4 is 10.6 Å². The Morgan fingerprint density at radius 3 is 2.29 bits per heavy atom. The molecule has 28 heavy (non-hydrogen) atoms. The maximum Gasteiger partial charge on any atom is 0.175 e. The first-order valence-electron chi connectivity index (χ1n) is 10.5. The van der Waals surface area contributed by atoms with E-state index in [4.69, 9.17) is 12.2 Å². The van der Waals surface area contributed by atoms with E-state index in [-0.39, 0.29) is 0 Å². The number of unbranched alkanes of at least 4 members (excludes halogenated alkanes) is 2. The second-order valence-electron chi connectivity index (χ2n) is 7.21. The van der Waals surface area contributed by atoms with Crippen molar-refractivity contribution in [1.29, 1.82) is 0 Å². The molecule has 3 nitrogen and oxygen atoms in total. The molecule has 0 bridgehead atoms. The molecule has 1 rings (SSSR count). The van der Waals surface area contributed by atoms with Gasteiger partial charge in [-0.25, -0.2) is 0 Å². The van der Waals surface area contributed by atoms with Gasteiger partial charge in [0.1, 0.15) is 0 Å². The maximum absolute atomic E-state index is 5.36. The van der Waals surface area contributed by atoms with Gasteiger partial charge in [-0.1, -0.05) is 64.0 Å². The highest BCUT2D eigenvalue weighted by Crippen LogP contribution is 2.09. The van der Waals surface area contributed by atoms with E-state index in [1.165, 1.54) is 24.8 Å². The zero-order chi connectivity index (χ0) is 21.4. The van der Waals surface area contributed by atoms with Crippen molar-refractivity contribution < 1.29 is 0 Å². The molecule has 1 atom stereocenters. The van der Waals surface area contributed by atoms with Crippen molar-refractivity contribution in [2.24, 2.45) is 0 Å². The molecular weight excluding hydrogens is 362 g/mol. The molecule has 0 aliphatic carbocycles. The molecule has 0 aromatic heterocycles. The average molecular weight is 404 g/mol. The summed E-state index contributed by atoms with van der Waals surface area (Å²) in [6.07, 6.45) is 8.00. The molecule has 0 saturated heterocycles. The van der Waals surface area contributed by atoms with Crippen molar-refractivity contribution in [3.05, 3.63) is 54.8 Å². The van der Waals surface area contributed by atoms with Gasteiger partial charge in [-0.3, -0.25) is 4.90 Å². The molecule has 0 spiro atoms. The third kappa shape index (κ3) is 12.7. The Morgan fingerprint density at radius 2 is 1.82 bits per heavy atom. The number of aryl methyl sites for hydroxylation is 1. The summed E-state index contributed by atoms with van der Waals surface area (Å²) in [5.41, 5.74) is 3.15. The molecule has 0 fully saturated rings. The van der Waals surface area contributed by atoms with Crippen molar-refractivity contribution in [3.63, 3.8) is 0 Å². The van der Waals surface area contributed by atoms with E-state index >= 15 is 0 Å².